The Morgan fingerprint density at radius 3 is 2.57 bits per heavy atom. The molecule has 0 aromatic heterocycles. The Kier molecular flexibility index (Phi) is 14.6. The monoisotopic (exact) mass is 736 g/mol. The Balaban J connectivity index is 1.32. The molecule has 4 fully saturated rings. The molecule has 9 heteroatoms. The van der Waals surface area contributed by atoms with Crippen LogP contribution in [0, 0.1) is 53.3 Å². The number of nitrogens with zero attached hydrogens (tertiary/aromatic N) is 1. The molecule has 0 amide bonds. The van der Waals surface area contributed by atoms with Crippen LogP contribution < -0.4 is 10.6 Å². The third-order valence-electron chi connectivity index (χ3n) is 14.1. The average Bonchev–Trinajstić information content (AvgIpc) is 3.79. The van der Waals surface area contributed by atoms with Crippen molar-refractivity contribution in [3.8, 4) is 11.8 Å². The van der Waals surface area contributed by atoms with Gasteiger partial charge in [-0.05, 0) is 100 Å². The number of carbonyl (C=O) groups excluding carboxylic acids is 2. The average molecular weight is 736 g/mol. The van der Waals surface area contributed by atoms with Crippen molar-refractivity contribution in [2.75, 3.05) is 13.7 Å². The van der Waals surface area contributed by atoms with Crippen LogP contribution in [0.2, 0.25) is 0 Å². The molecule has 9 nitrogen and oxygen atoms in total. The van der Waals surface area contributed by atoms with Gasteiger partial charge in [-0.3, -0.25) is 14.9 Å². The number of quaternary nitrogens is 1. The summed E-state index contributed by atoms with van der Waals surface area (Å²) in [7, 11) is 1.66. The van der Waals surface area contributed by atoms with Crippen molar-refractivity contribution in [3.63, 3.8) is 0 Å². The first kappa shape index (κ1) is 40.4. The summed E-state index contributed by atoms with van der Waals surface area (Å²) in [6.45, 7) is 4.76. The minimum atomic E-state index is -0.495. The first-order valence-corrected chi connectivity index (χ1v) is 21.4. The van der Waals surface area contributed by atoms with Gasteiger partial charge >= 0.3 is 5.97 Å². The van der Waals surface area contributed by atoms with Crippen molar-refractivity contribution in [3.05, 3.63) is 17.7 Å². The van der Waals surface area contributed by atoms with E-state index in [0.29, 0.717) is 49.4 Å². The highest BCUT2D eigenvalue weighted by atomic mass is 16.5. The Morgan fingerprint density at radius 1 is 1.00 bits per heavy atom. The maximum absolute atomic E-state index is 14.0. The molecule has 6 rings (SSSR count). The number of nitrogens with two attached hydrogens (primary N) is 1. The molecule has 1 saturated heterocycles. The van der Waals surface area contributed by atoms with E-state index in [1.54, 1.807) is 7.11 Å². The Labute approximate surface area is 319 Å². The van der Waals surface area contributed by atoms with Crippen LogP contribution in [0.1, 0.15) is 142 Å². The number of fused-ring (bicyclic) bond motifs is 3. The van der Waals surface area contributed by atoms with Gasteiger partial charge in [0.1, 0.15) is 35.8 Å². The molecule has 294 valence electrons. The number of hydrogen-bond acceptors (Lipinski definition) is 8. The number of aliphatic hydroxyl groups excluding tert-OH is 2. The minimum Gasteiger partial charge on any atom is -0.462 e. The first-order chi connectivity index (χ1) is 25.6. The second-order valence-corrected chi connectivity index (χ2v) is 17.8. The molecule has 53 heavy (non-hydrogen) atoms. The van der Waals surface area contributed by atoms with Gasteiger partial charge in [0.25, 0.3) is 0 Å². The third-order valence-corrected chi connectivity index (χ3v) is 14.1. The maximum atomic E-state index is 14.0. The van der Waals surface area contributed by atoms with Gasteiger partial charge in [-0.15, -0.1) is 4.99 Å². The molecular weight excluding hydrogens is 666 g/mol. The van der Waals surface area contributed by atoms with E-state index in [9.17, 15) is 19.8 Å². The lowest BCUT2D eigenvalue weighted by atomic mass is 9.67. The predicted octanol–water partition coefficient (Wildman–Crippen LogP) is 5.58. The number of piperidine rings is 1. The van der Waals surface area contributed by atoms with Gasteiger partial charge < -0.3 is 25.0 Å². The summed E-state index contributed by atoms with van der Waals surface area (Å²) in [4.78, 5) is 30.9. The Hall–Kier alpha value is -2.22. The summed E-state index contributed by atoms with van der Waals surface area (Å²) >= 11 is 0. The number of hydrogen-bond donors (Lipinski definition) is 4. The minimum absolute atomic E-state index is 0.0939. The fourth-order valence-electron chi connectivity index (χ4n) is 11.0. The summed E-state index contributed by atoms with van der Waals surface area (Å²) < 4.78 is 11.5. The van der Waals surface area contributed by atoms with Crippen LogP contribution in [-0.4, -0.2) is 78.0 Å². The largest absolute Gasteiger partial charge is 0.462 e. The van der Waals surface area contributed by atoms with Gasteiger partial charge in [0, 0.05) is 52.1 Å². The van der Waals surface area contributed by atoms with Crippen molar-refractivity contribution >= 4 is 18.0 Å². The third kappa shape index (κ3) is 11.0. The van der Waals surface area contributed by atoms with Crippen molar-refractivity contribution < 1.29 is 34.6 Å². The van der Waals surface area contributed by atoms with E-state index in [2.05, 4.69) is 41.8 Å². The number of nitrogens with one attached hydrogen (secondary N) is 1. The molecule has 0 aromatic carbocycles. The van der Waals surface area contributed by atoms with Crippen LogP contribution >= 0.6 is 0 Å². The number of methoxy groups -OCH3 is 1. The van der Waals surface area contributed by atoms with Crippen LogP contribution in [0.15, 0.2) is 16.8 Å². The molecule has 11 unspecified atom stereocenters. The SMILES string of the molecule is CCC1CCC(OC(C)=O)CC(=O)CC(C2CCC(O)C(OC)C2)C#CC2(CCCC2)NC2CC(CC[NH2+]2)C(C2CCCC(O)C2)CC2=CN=C[C+]2C1. The molecular formula is C44H69N3O6+2. The van der Waals surface area contributed by atoms with E-state index in [1.807, 2.05) is 0 Å². The first-order valence-electron chi connectivity index (χ1n) is 21.4. The van der Waals surface area contributed by atoms with E-state index < -0.39 is 12.2 Å². The number of aliphatic hydroxyl groups is 2. The summed E-state index contributed by atoms with van der Waals surface area (Å²) in [6.07, 6.45) is 20.9. The second kappa shape index (κ2) is 19.1. The Morgan fingerprint density at radius 2 is 1.81 bits per heavy atom. The normalized spacial score (nSPS) is 38.7. The zero-order valence-corrected chi connectivity index (χ0v) is 32.9. The number of Topliss-reactive ketones (excluding diaryl/α,β-unsaturated/α-hetero) is 1. The fourth-order valence-corrected chi connectivity index (χ4v) is 11.0. The smallest absolute Gasteiger partial charge is 0.302 e. The lowest BCUT2D eigenvalue weighted by molar-refractivity contribution is -0.706. The van der Waals surface area contributed by atoms with Crippen molar-refractivity contribution in [2.45, 2.75) is 178 Å². The van der Waals surface area contributed by atoms with Gasteiger partial charge in [0.2, 0.25) is 0 Å². The van der Waals surface area contributed by atoms with Gasteiger partial charge in [-0.1, -0.05) is 44.4 Å². The molecule has 3 heterocycles. The number of aliphatic imine (C=N–C) groups is 1. The summed E-state index contributed by atoms with van der Waals surface area (Å²) in [5, 5.41) is 28.1. The van der Waals surface area contributed by atoms with Crippen LogP contribution in [0.25, 0.3) is 0 Å². The molecule has 5 N–H and O–H groups in total. The standard InChI is InChI=1S/C44H68N3O6/c1-4-30-10-12-39(53-29(2)48)26-38(50)21-32(31-11-13-41(51)42(24-31)52-3)14-18-44(16-5-6-17-44)47-43-25-34(15-19-46-43)40(33-8-7-9-37(49)22-33)23-36-28-45-27-35(36)20-30/h27-28,30-34,37,39-43,46-47,49,51H,4-13,15-17,19-26H2,1-3H3/q+1/p+1. The van der Waals surface area contributed by atoms with Crippen LogP contribution in [0.3, 0.4) is 0 Å². The molecule has 0 aromatic rings. The maximum Gasteiger partial charge on any atom is 0.302 e. The van der Waals surface area contributed by atoms with Crippen molar-refractivity contribution in [1.82, 2.24) is 5.32 Å². The number of ether oxygens (including phenoxy) is 2. The van der Waals surface area contributed by atoms with Gasteiger partial charge in [-0.25, -0.2) is 0 Å². The van der Waals surface area contributed by atoms with E-state index in [1.165, 1.54) is 31.3 Å². The van der Waals surface area contributed by atoms with E-state index in [4.69, 9.17) is 14.5 Å². The highest BCUT2D eigenvalue weighted by Crippen LogP contribution is 2.44. The lowest BCUT2D eigenvalue weighted by Gasteiger charge is -2.41. The van der Waals surface area contributed by atoms with Crippen LogP contribution in [0.5, 0.6) is 0 Å². The quantitative estimate of drug-likeness (QED) is 0.165. The molecule has 3 aliphatic carbocycles. The van der Waals surface area contributed by atoms with E-state index in [-0.39, 0.29) is 53.9 Å². The molecule has 0 radical (unpaired) electrons. The highest BCUT2D eigenvalue weighted by Gasteiger charge is 2.44. The van der Waals surface area contributed by atoms with Gasteiger partial charge in [-0.2, -0.15) is 0 Å². The van der Waals surface area contributed by atoms with E-state index in [0.717, 1.165) is 90.0 Å². The lowest BCUT2D eigenvalue weighted by Crippen LogP contribution is -2.96. The van der Waals surface area contributed by atoms with Crippen molar-refractivity contribution in [2.24, 2.45) is 40.5 Å². The zero-order chi connectivity index (χ0) is 37.4. The molecule has 11 atom stereocenters. The number of rotatable bonds is 5. The summed E-state index contributed by atoms with van der Waals surface area (Å²) in [6, 6.07) is 0. The molecule has 1 spiro atoms. The molecule has 3 aliphatic heterocycles. The van der Waals surface area contributed by atoms with Gasteiger partial charge in [0.15, 0.2) is 6.20 Å². The highest BCUT2D eigenvalue weighted by molar-refractivity contribution is 5.83. The molecule has 3 saturated carbocycles. The number of esters is 1. The predicted molar refractivity (Wildman–Crippen MR) is 206 cm³/mol. The second-order valence-electron chi connectivity index (χ2n) is 17.8. The van der Waals surface area contributed by atoms with Crippen LogP contribution in [-0.2, 0) is 19.1 Å². The van der Waals surface area contributed by atoms with E-state index >= 15 is 0 Å². The number of ketones is 1. The molecule has 6 aliphatic rings. The topological polar surface area (TPSA) is 134 Å². The zero-order valence-electron chi connectivity index (χ0n) is 32.9. The van der Waals surface area contributed by atoms with Crippen LogP contribution in [0.4, 0.5) is 0 Å². The summed E-state index contributed by atoms with van der Waals surface area (Å²) in [5.74, 6) is 10.6. The number of allylic oxidation sites excluding steroid dienone is 1. The van der Waals surface area contributed by atoms with Gasteiger partial charge in [0.05, 0.1) is 30.4 Å². The number of carbonyl (C=O) groups is 2. The fraction of sp³-hybridized carbons (Fsp3) is 0.818. The molecule has 2 bridgehead atoms. The Bertz CT molecular complexity index is 1350. The summed E-state index contributed by atoms with van der Waals surface area (Å²) in [5.41, 5.74) is 1.08. The van der Waals surface area contributed by atoms with Crippen molar-refractivity contribution in [1.29, 1.82) is 0 Å².